The molecule has 0 unspecified atom stereocenters. The molecule has 3 nitrogen and oxygen atoms in total. The predicted octanol–water partition coefficient (Wildman–Crippen LogP) is 2.72. The number of rotatable bonds is 0. The molecular formula is C9H6N3+. The second-order valence-electron chi connectivity index (χ2n) is 2.46. The molecule has 0 saturated carbocycles. The number of nitrogens with zero attached hydrogens (tertiary/aromatic N) is 3. The summed E-state index contributed by atoms with van der Waals surface area (Å²) in [5, 5.41) is 9.51. The van der Waals surface area contributed by atoms with E-state index in [4.69, 9.17) is 5.39 Å². The Morgan fingerprint density at radius 1 is 1.08 bits per heavy atom. The minimum Gasteiger partial charge on any atom is -0.0614 e. The molecule has 0 aliphatic heterocycles. The number of diazo groups is 1. The third-order valence-corrected chi connectivity index (χ3v) is 1.69. The van der Waals surface area contributed by atoms with Crippen LogP contribution in [0.1, 0.15) is 0 Å². The van der Waals surface area contributed by atoms with Crippen molar-refractivity contribution in [3.05, 3.63) is 41.4 Å². The van der Waals surface area contributed by atoms with E-state index >= 15 is 0 Å². The van der Waals surface area contributed by atoms with Gasteiger partial charge in [0.05, 0.1) is 11.5 Å². The molecule has 2 aromatic rings. The second-order valence-corrected chi connectivity index (χ2v) is 2.46. The van der Waals surface area contributed by atoms with Crippen LogP contribution in [0.25, 0.3) is 15.9 Å². The zero-order valence-electron chi connectivity index (χ0n) is 6.31. The van der Waals surface area contributed by atoms with Crippen LogP contribution >= 0.6 is 0 Å². The molecule has 0 radical (unpaired) electrons. The summed E-state index contributed by atoms with van der Waals surface area (Å²) in [7, 11) is 0. The van der Waals surface area contributed by atoms with Gasteiger partial charge in [-0.25, -0.2) is 0 Å². The maximum atomic E-state index is 8.46. The van der Waals surface area contributed by atoms with E-state index in [0.717, 1.165) is 10.9 Å². The topological polar surface area (TPSA) is 41.0 Å². The van der Waals surface area contributed by atoms with Gasteiger partial charge in [-0.05, 0) is 17.1 Å². The molecule has 0 atom stereocenters. The Kier molecular flexibility index (Phi) is 1.45. The van der Waals surface area contributed by atoms with Crippen LogP contribution in [0.15, 0.2) is 36.4 Å². The SMILES string of the molecule is N#[N+]c1ccc2ccccc2n1. The van der Waals surface area contributed by atoms with Crippen LogP contribution in [-0.2, 0) is 0 Å². The Morgan fingerprint density at radius 2 is 1.92 bits per heavy atom. The Balaban J connectivity index is 2.78. The number of benzene rings is 1. The summed E-state index contributed by atoms with van der Waals surface area (Å²) in [5.74, 6) is 0.341. The van der Waals surface area contributed by atoms with E-state index in [0.29, 0.717) is 5.82 Å². The highest BCUT2D eigenvalue weighted by Gasteiger charge is 2.06. The molecule has 0 bridgehead atoms. The van der Waals surface area contributed by atoms with Crippen molar-refractivity contribution in [3.63, 3.8) is 0 Å². The molecule has 1 heterocycles. The number of aromatic nitrogens is 1. The number of hydrogen-bond acceptors (Lipinski definition) is 2. The van der Waals surface area contributed by atoms with Crippen LogP contribution in [0.4, 0.5) is 5.82 Å². The van der Waals surface area contributed by atoms with Gasteiger partial charge in [-0.15, -0.1) is 0 Å². The van der Waals surface area contributed by atoms with Crippen LogP contribution in [0, 0.1) is 5.39 Å². The highest BCUT2D eigenvalue weighted by Crippen LogP contribution is 2.15. The smallest absolute Gasteiger partial charge is 0.0614 e. The molecule has 0 amide bonds. The van der Waals surface area contributed by atoms with Crippen molar-refractivity contribution in [1.82, 2.24) is 4.98 Å². The Bertz CT molecular complexity index is 457. The molecule has 0 N–H and O–H groups in total. The van der Waals surface area contributed by atoms with Gasteiger partial charge in [0.1, 0.15) is 0 Å². The van der Waals surface area contributed by atoms with Crippen molar-refractivity contribution in [1.29, 1.82) is 5.39 Å². The fourth-order valence-electron chi connectivity index (χ4n) is 1.11. The lowest BCUT2D eigenvalue weighted by molar-refractivity contribution is 1.37. The maximum absolute atomic E-state index is 8.46. The van der Waals surface area contributed by atoms with E-state index in [2.05, 4.69) is 9.96 Å². The lowest BCUT2D eigenvalue weighted by Crippen LogP contribution is -1.75. The summed E-state index contributed by atoms with van der Waals surface area (Å²) in [5.41, 5.74) is 0.841. The van der Waals surface area contributed by atoms with Crippen molar-refractivity contribution >= 4 is 16.7 Å². The van der Waals surface area contributed by atoms with E-state index in [9.17, 15) is 0 Å². The van der Waals surface area contributed by atoms with E-state index in [1.807, 2.05) is 30.3 Å². The minimum absolute atomic E-state index is 0.341. The fourth-order valence-corrected chi connectivity index (χ4v) is 1.11. The summed E-state index contributed by atoms with van der Waals surface area (Å²) in [4.78, 5) is 7.09. The molecule has 0 fully saturated rings. The average molecular weight is 156 g/mol. The Hall–Kier alpha value is -1.95. The number of hydrogen-bond donors (Lipinski definition) is 0. The molecule has 12 heavy (non-hydrogen) atoms. The first-order chi connectivity index (χ1) is 5.90. The largest absolute Gasteiger partial charge is 0.465 e. The molecule has 3 heteroatoms. The number of fused-ring (bicyclic) bond motifs is 1. The summed E-state index contributed by atoms with van der Waals surface area (Å²) in [6.07, 6.45) is 0. The third kappa shape index (κ3) is 0.995. The number of para-hydroxylation sites is 1. The first-order valence-electron chi connectivity index (χ1n) is 3.61. The Labute approximate surface area is 69.3 Å². The van der Waals surface area contributed by atoms with Crippen LogP contribution in [0.2, 0.25) is 0 Å². The van der Waals surface area contributed by atoms with E-state index in [1.54, 1.807) is 6.07 Å². The third-order valence-electron chi connectivity index (χ3n) is 1.69. The lowest BCUT2D eigenvalue weighted by Gasteiger charge is -1.86. The average Bonchev–Trinajstić information content (AvgIpc) is 2.17. The zero-order valence-corrected chi connectivity index (χ0v) is 6.31. The van der Waals surface area contributed by atoms with Gasteiger partial charge >= 0.3 is 5.82 Å². The van der Waals surface area contributed by atoms with Crippen LogP contribution in [0.3, 0.4) is 0 Å². The molecule has 1 aromatic heterocycles. The van der Waals surface area contributed by atoms with E-state index in [1.165, 1.54) is 0 Å². The molecule has 56 valence electrons. The highest BCUT2D eigenvalue weighted by molar-refractivity contribution is 5.80. The van der Waals surface area contributed by atoms with Gasteiger partial charge in [-0.3, -0.25) is 0 Å². The second kappa shape index (κ2) is 2.59. The van der Waals surface area contributed by atoms with Crippen LogP contribution in [-0.4, -0.2) is 4.98 Å². The van der Waals surface area contributed by atoms with Crippen molar-refractivity contribution in [2.75, 3.05) is 0 Å². The van der Waals surface area contributed by atoms with Crippen LogP contribution in [0.5, 0.6) is 0 Å². The first kappa shape index (κ1) is 6.74. The Morgan fingerprint density at radius 3 is 2.75 bits per heavy atom. The highest BCUT2D eigenvalue weighted by atomic mass is 15.0. The van der Waals surface area contributed by atoms with Crippen molar-refractivity contribution in [3.8, 4) is 0 Å². The quantitative estimate of drug-likeness (QED) is 0.550. The van der Waals surface area contributed by atoms with Gasteiger partial charge in [0.25, 0.3) is 0 Å². The van der Waals surface area contributed by atoms with Crippen LogP contribution < -0.4 is 0 Å². The summed E-state index contributed by atoms with van der Waals surface area (Å²) in [6, 6.07) is 11.2. The van der Waals surface area contributed by atoms with Gasteiger partial charge in [0.2, 0.25) is 0 Å². The van der Waals surface area contributed by atoms with Gasteiger partial charge in [0, 0.05) is 10.4 Å². The van der Waals surface area contributed by atoms with Gasteiger partial charge < -0.3 is 0 Å². The van der Waals surface area contributed by atoms with E-state index in [-0.39, 0.29) is 0 Å². The summed E-state index contributed by atoms with van der Waals surface area (Å²) >= 11 is 0. The minimum atomic E-state index is 0.341. The van der Waals surface area contributed by atoms with Crippen molar-refractivity contribution in [2.24, 2.45) is 0 Å². The summed E-state index contributed by atoms with van der Waals surface area (Å²) < 4.78 is 0. The molecular weight excluding hydrogens is 150 g/mol. The first-order valence-corrected chi connectivity index (χ1v) is 3.61. The van der Waals surface area contributed by atoms with Gasteiger partial charge in [-0.2, -0.15) is 0 Å². The van der Waals surface area contributed by atoms with Crippen molar-refractivity contribution < 1.29 is 0 Å². The summed E-state index contributed by atoms with van der Waals surface area (Å²) in [6.45, 7) is 0. The standard InChI is InChI=1S/C9H6N3/c10-12-9-6-5-7-3-1-2-4-8(7)11-9/h1-6H/q+1. The molecule has 1 aromatic carbocycles. The van der Waals surface area contributed by atoms with E-state index < -0.39 is 0 Å². The lowest BCUT2D eigenvalue weighted by atomic mass is 10.2. The monoisotopic (exact) mass is 156 g/mol. The van der Waals surface area contributed by atoms with Gasteiger partial charge in [0.15, 0.2) is 5.52 Å². The normalized spacial score (nSPS) is 9.58. The molecule has 0 spiro atoms. The fraction of sp³-hybridized carbons (Fsp3) is 0. The van der Waals surface area contributed by atoms with Gasteiger partial charge in [-0.1, -0.05) is 18.2 Å². The maximum Gasteiger partial charge on any atom is 0.465 e. The predicted molar refractivity (Wildman–Crippen MR) is 46.5 cm³/mol. The molecule has 2 rings (SSSR count). The molecule has 0 aliphatic rings. The van der Waals surface area contributed by atoms with Crippen molar-refractivity contribution in [2.45, 2.75) is 0 Å². The number of pyridine rings is 1. The molecule has 0 aliphatic carbocycles. The zero-order chi connectivity index (χ0) is 8.39. The molecule has 0 saturated heterocycles.